The van der Waals surface area contributed by atoms with E-state index in [1.807, 2.05) is 0 Å². The van der Waals surface area contributed by atoms with Crippen molar-refractivity contribution in [1.29, 1.82) is 0 Å². The first kappa shape index (κ1) is 17.7. The van der Waals surface area contributed by atoms with E-state index in [4.69, 9.17) is 4.52 Å². The number of nitrogens with one attached hydrogen (secondary N) is 1. The molecule has 1 aliphatic rings. The first-order valence-electron chi connectivity index (χ1n) is 8.57. The van der Waals surface area contributed by atoms with E-state index in [-0.39, 0.29) is 4.90 Å². The second kappa shape index (κ2) is 6.45. The first-order valence-corrected chi connectivity index (χ1v) is 10.1. The fraction of sp³-hybridized carbons (Fsp3) is 0.263. The van der Waals surface area contributed by atoms with Gasteiger partial charge in [0.1, 0.15) is 5.82 Å². The van der Waals surface area contributed by atoms with Crippen molar-refractivity contribution in [1.82, 2.24) is 10.1 Å². The Morgan fingerprint density at radius 2 is 1.89 bits per heavy atom. The highest BCUT2D eigenvalue weighted by Crippen LogP contribution is 2.39. The molecule has 2 aromatic carbocycles. The molecule has 4 rings (SSSR count). The quantitative estimate of drug-likeness (QED) is 0.710. The molecule has 0 atom stereocenters. The molecule has 140 valence electrons. The predicted octanol–water partition coefficient (Wildman–Crippen LogP) is 4.17. The molecule has 6 nitrogen and oxygen atoms in total. The van der Waals surface area contributed by atoms with E-state index in [2.05, 4.69) is 14.9 Å². The highest BCUT2D eigenvalue weighted by molar-refractivity contribution is 7.92. The van der Waals surface area contributed by atoms with Gasteiger partial charge in [-0.15, -0.1) is 0 Å². The van der Waals surface area contributed by atoms with Crippen LogP contribution in [-0.2, 0) is 10.0 Å². The summed E-state index contributed by atoms with van der Waals surface area (Å²) in [5, 5.41) is 3.97. The van der Waals surface area contributed by atoms with E-state index in [9.17, 15) is 12.8 Å². The van der Waals surface area contributed by atoms with Crippen molar-refractivity contribution >= 4 is 15.7 Å². The van der Waals surface area contributed by atoms with Gasteiger partial charge in [-0.25, -0.2) is 12.8 Å². The highest BCUT2D eigenvalue weighted by atomic mass is 32.2. The van der Waals surface area contributed by atoms with Crippen LogP contribution in [0.15, 0.2) is 45.8 Å². The summed E-state index contributed by atoms with van der Waals surface area (Å²) in [6, 6.07) is 8.89. The molecule has 8 heteroatoms. The van der Waals surface area contributed by atoms with Crippen LogP contribution >= 0.6 is 0 Å². The maximum absolute atomic E-state index is 13.3. The molecule has 0 unspecified atom stereocenters. The number of nitrogens with zero attached hydrogens (tertiary/aromatic N) is 2. The molecule has 3 aromatic rings. The van der Waals surface area contributed by atoms with E-state index in [1.165, 1.54) is 24.3 Å². The van der Waals surface area contributed by atoms with Crippen molar-refractivity contribution in [2.75, 3.05) is 4.72 Å². The van der Waals surface area contributed by atoms with Crippen LogP contribution in [0.25, 0.3) is 11.4 Å². The van der Waals surface area contributed by atoms with Crippen molar-refractivity contribution in [2.24, 2.45) is 0 Å². The van der Waals surface area contributed by atoms with E-state index in [0.717, 1.165) is 12.8 Å². The van der Waals surface area contributed by atoms with Gasteiger partial charge in [0, 0.05) is 11.5 Å². The van der Waals surface area contributed by atoms with Crippen LogP contribution in [0.4, 0.5) is 10.1 Å². The van der Waals surface area contributed by atoms with Crippen LogP contribution < -0.4 is 4.72 Å². The topological polar surface area (TPSA) is 85.1 Å². The Morgan fingerprint density at radius 3 is 2.59 bits per heavy atom. The number of benzene rings is 2. The molecule has 0 bridgehead atoms. The van der Waals surface area contributed by atoms with Crippen LogP contribution in [0.2, 0.25) is 0 Å². The van der Waals surface area contributed by atoms with Gasteiger partial charge >= 0.3 is 0 Å². The summed E-state index contributed by atoms with van der Waals surface area (Å²) in [5.41, 5.74) is 1.97. The minimum absolute atomic E-state index is 0.112. The zero-order valence-electron chi connectivity index (χ0n) is 14.9. The zero-order chi connectivity index (χ0) is 19.2. The van der Waals surface area contributed by atoms with E-state index in [0.29, 0.717) is 40.0 Å². The molecular formula is C19H18FN3O3S. The van der Waals surface area contributed by atoms with E-state index < -0.39 is 15.8 Å². The molecule has 1 aliphatic carbocycles. The molecule has 0 spiro atoms. The van der Waals surface area contributed by atoms with Crippen LogP contribution in [0.5, 0.6) is 0 Å². The summed E-state index contributed by atoms with van der Waals surface area (Å²) in [6.07, 6.45) is 2.08. The summed E-state index contributed by atoms with van der Waals surface area (Å²) in [7, 11) is -3.87. The van der Waals surface area contributed by atoms with Crippen LogP contribution in [-0.4, -0.2) is 18.6 Å². The Labute approximate surface area is 156 Å². The number of rotatable bonds is 5. The third kappa shape index (κ3) is 3.57. The molecule has 1 N–H and O–H groups in total. The maximum atomic E-state index is 13.3. The van der Waals surface area contributed by atoms with Crippen molar-refractivity contribution in [3.8, 4) is 11.4 Å². The number of halogens is 1. The number of sulfonamides is 1. The summed E-state index contributed by atoms with van der Waals surface area (Å²) >= 11 is 0. The molecule has 1 saturated carbocycles. The van der Waals surface area contributed by atoms with Gasteiger partial charge in [0.05, 0.1) is 10.6 Å². The molecule has 0 amide bonds. The van der Waals surface area contributed by atoms with E-state index >= 15 is 0 Å². The average molecular weight is 387 g/mol. The summed E-state index contributed by atoms with van der Waals surface area (Å²) < 4.78 is 46.8. The lowest BCUT2D eigenvalue weighted by Crippen LogP contribution is -2.15. The monoisotopic (exact) mass is 387 g/mol. The smallest absolute Gasteiger partial charge is 0.262 e. The molecule has 0 aliphatic heterocycles. The lowest BCUT2D eigenvalue weighted by atomic mass is 10.1. The minimum atomic E-state index is -3.87. The van der Waals surface area contributed by atoms with Gasteiger partial charge in [0.25, 0.3) is 10.0 Å². The van der Waals surface area contributed by atoms with Gasteiger partial charge in [-0.05, 0) is 62.1 Å². The highest BCUT2D eigenvalue weighted by Gasteiger charge is 2.30. The van der Waals surface area contributed by atoms with Crippen LogP contribution in [0.1, 0.15) is 35.8 Å². The normalized spacial score (nSPS) is 14.3. The average Bonchev–Trinajstić information content (AvgIpc) is 3.35. The fourth-order valence-corrected chi connectivity index (χ4v) is 4.22. The number of aryl methyl sites for hydroxylation is 2. The third-order valence-corrected chi connectivity index (χ3v) is 6.04. The Hall–Kier alpha value is -2.74. The summed E-state index contributed by atoms with van der Waals surface area (Å²) in [5.74, 6) is 0.863. The van der Waals surface area contributed by atoms with Gasteiger partial charge in [-0.3, -0.25) is 4.72 Å². The predicted molar refractivity (Wildman–Crippen MR) is 98.4 cm³/mol. The maximum Gasteiger partial charge on any atom is 0.262 e. The van der Waals surface area contributed by atoms with Gasteiger partial charge in [0.15, 0.2) is 0 Å². The molecule has 0 saturated heterocycles. The number of anilines is 1. The minimum Gasteiger partial charge on any atom is -0.339 e. The Kier molecular flexibility index (Phi) is 4.22. The standard InChI is InChI=1S/C19H18FN3O3S/c1-11-3-4-14(18-21-19(26-22-18)13-5-6-13)10-17(11)27(24,25)23-16-8-7-15(20)9-12(16)2/h3-4,7-10,13,23H,5-6H2,1-2H3. The van der Waals surface area contributed by atoms with Gasteiger partial charge in [-0.1, -0.05) is 17.3 Å². The number of hydrogen-bond donors (Lipinski definition) is 1. The number of hydrogen-bond acceptors (Lipinski definition) is 5. The molecule has 1 heterocycles. The third-order valence-electron chi connectivity index (χ3n) is 4.54. The lowest BCUT2D eigenvalue weighted by Gasteiger charge is -2.13. The lowest BCUT2D eigenvalue weighted by molar-refractivity contribution is 0.380. The summed E-state index contributed by atoms with van der Waals surface area (Å²) in [4.78, 5) is 4.48. The van der Waals surface area contributed by atoms with Crippen molar-refractivity contribution < 1.29 is 17.3 Å². The second-order valence-corrected chi connectivity index (χ2v) is 8.43. The zero-order valence-corrected chi connectivity index (χ0v) is 15.7. The largest absolute Gasteiger partial charge is 0.339 e. The summed E-state index contributed by atoms with van der Waals surface area (Å²) in [6.45, 7) is 3.35. The molecule has 27 heavy (non-hydrogen) atoms. The fourth-order valence-electron chi connectivity index (χ4n) is 2.82. The second-order valence-electron chi connectivity index (χ2n) is 6.78. The van der Waals surface area contributed by atoms with Crippen molar-refractivity contribution in [3.63, 3.8) is 0 Å². The van der Waals surface area contributed by atoms with E-state index in [1.54, 1.807) is 26.0 Å². The van der Waals surface area contributed by atoms with Crippen LogP contribution in [0, 0.1) is 19.7 Å². The molecule has 1 fully saturated rings. The Balaban J connectivity index is 1.68. The van der Waals surface area contributed by atoms with Gasteiger partial charge in [0.2, 0.25) is 11.7 Å². The molecular weight excluding hydrogens is 369 g/mol. The Bertz CT molecular complexity index is 1120. The molecule has 1 aromatic heterocycles. The van der Waals surface area contributed by atoms with Crippen molar-refractivity contribution in [2.45, 2.75) is 37.5 Å². The molecule has 0 radical (unpaired) electrons. The van der Waals surface area contributed by atoms with Crippen molar-refractivity contribution in [3.05, 3.63) is 59.2 Å². The van der Waals surface area contributed by atoms with Crippen LogP contribution in [0.3, 0.4) is 0 Å². The number of aromatic nitrogens is 2. The SMILES string of the molecule is Cc1cc(F)ccc1NS(=O)(=O)c1cc(-c2noc(C3CC3)n2)ccc1C. The Morgan fingerprint density at radius 1 is 1.11 bits per heavy atom. The van der Waals surface area contributed by atoms with Gasteiger partial charge in [-0.2, -0.15) is 4.98 Å². The first-order chi connectivity index (χ1) is 12.8. The van der Waals surface area contributed by atoms with Gasteiger partial charge < -0.3 is 4.52 Å².